The molecule has 1 heterocycles. The molecule has 2 N–H and O–H groups in total. The number of aromatic nitrogens is 2. The number of hydrogen-bond donors (Lipinski definition) is 2. The van der Waals surface area contributed by atoms with Crippen LogP contribution >= 0.6 is 11.6 Å². The quantitative estimate of drug-likeness (QED) is 0.557. The molecule has 31 heavy (non-hydrogen) atoms. The van der Waals surface area contributed by atoms with Gasteiger partial charge in [-0.3, -0.25) is 4.79 Å². The predicted octanol–water partition coefficient (Wildman–Crippen LogP) is 5.24. The summed E-state index contributed by atoms with van der Waals surface area (Å²) in [4.78, 5) is 21.6. The third-order valence-electron chi connectivity index (χ3n) is 6.97. The Labute approximate surface area is 187 Å². The van der Waals surface area contributed by atoms with Crippen LogP contribution in [0.5, 0.6) is 0 Å². The van der Waals surface area contributed by atoms with Crippen LogP contribution < -0.4 is 10.6 Å². The van der Waals surface area contributed by atoms with E-state index < -0.39 is 0 Å². The summed E-state index contributed by atoms with van der Waals surface area (Å²) in [6.45, 7) is 4.25. The number of fused-ring (bicyclic) bond motifs is 2. The van der Waals surface area contributed by atoms with Crippen LogP contribution in [0.25, 0.3) is 10.9 Å². The highest BCUT2D eigenvalue weighted by Gasteiger charge is 2.58. The molecule has 2 unspecified atom stereocenters. The Hall–Kier alpha value is -2.66. The van der Waals surface area contributed by atoms with Gasteiger partial charge in [0.1, 0.15) is 12.1 Å². The first-order valence-electron chi connectivity index (χ1n) is 11.1. The predicted molar refractivity (Wildman–Crippen MR) is 124 cm³/mol. The molecular weight excluding hydrogens is 408 g/mol. The van der Waals surface area contributed by atoms with E-state index in [1.54, 1.807) is 30.6 Å². The molecule has 2 aliphatic rings. The van der Waals surface area contributed by atoms with Crippen molar-refractivity contribution in [2.45, 2.75) is 45.2 Å². The maximum Gasteiger partial charge on any atom is 0.251 e. The third kappa shape index (κ3) is 3.99. The van der Waals surface area contributed by atoms with E-state index in [0.29, 0.717) is 34.4 Å². The number of carbonyl (C=O) groups excluding carboxylic acids is 1. The minimum atomic E-state index is -0.00834. The zero-order valence-corrected chi connectivity index (χ0v) is 18.6. The molecule has 0 bridgehead atoms. The number of halogens is 1. The second kappa shape index (κ2) is 8.12. The molecule has 5 rings (SSSR count). The lowest BCUT2D eigenvalue weighted by molar-refractivity contribution is 0.0927. The Kier molecular flexibility index (Phi) is 5.30. The number of nitrogens with one attached hydrogen (secondary N) is 2. The Morgan fingerprint density at radius 2 is 1.87 bits per heavy atom. The first-order valence-corrected chi connectivity index (χ1v) is 11.5. The topological polar surface area (TPSA) is 66.9 Å². The standard InChI is InChI=1S/C25H27ClN4O/c1-3-21(30-25(31)15-5-7-16(26)8-6-15)23-18-11-17(12-19(18)23)29-24-20-10-14(2)4-9-22(20)27-13-28-24/h4-10,13,17-19,21,23H,3,11-12H2,1-2H3,(H,30,31)(H,27,28,29)/t17?,18-,19+,21-,23?/m1/s1. The number of nitrogens with zero attached hydrogens (tertiary/aromatic N) is 2. The molecule has 2 saturated carbocycles. The smallest absolute Gasteiger partial charge is 0.251 e. The van der Waals surface area contributed by atoms with Crippen molar-refractivity contribution in [3.8, 4) is 0 Å². The number of hydrogen-bond acceptors (Lipinski definition) is 4. The van der Waals surface area contributed by atoms with E-state index in [4.69, 9.17) is 11.6 Å². The fourth-order valence-corrected chi connectivity index (χ4v) is 5.53. The first kappa shape index (κ1) is 20.3. The molecule has 1 aromatic heterocycles. The van der Waals surface area contributed by atoms with E-state index in [1.807, 2.05) is 0 Å². The Bertz CT molecular complexity index is 1100. The molecule has 0 aliphatic heterocycles. The highest BCUT2D eigenvalue weighted by Crippen LogP contribution is 2.59. The summed E-state index contributed by atoms with van der Waals surface area (Å²) < 4.78 is 0. The van der Waals surface area contributed by atoms with Gasteiger partial charge in [0.2, 0.25) is 0 Å². The molecule has 0 radical (unpaired) electrons. The van der Waals surface area contributed by atoms with Gasteiger partial charge in [-0.1, -0.05) is 30.2 Å². The number of amides is 1. The molecule has 0 spiro atoms. The number of benzene rings is 2. The van der Waals surface area contributed by atoms with Crippen LogP contribution in [0.3, 0.4) is 0 Å². The largest absolute Gasteiger partial charge is 0.367 e. The van der Waals surface area contributed by atoms with Gasteiger partial charge >= 0.3 is 0 Å². The van der Waals surface area contributed by atoms with Crippen molar-refractivity contribution in [1.29, 1.82) is 0 Å². The van der Waals surface area contributed by atoms with E-state index in [-0.39, 0.29) is 11.9 Å². The molecule has 6 heteroatoms. The lowest BCUT2D eigenvalue weighted by Crippen LogP contribution is -2.38. The first-order chi connectivity index (χ1) is 15.0. The summed E-state index contributed by atoms with van der Waals surface area (Å²) in [5.41, 5.74) is 2.85. The van der Waals surface area contributed by atoms with Crippen LogP contribution in [-0.2, 0) is 0 Å². The van der Waals surface area contributed by atoms with Crippen molar-refractivity contribution in [1.82, 2.24) is 15.3 Å². The maximum atomic E-state index is 12.7. The fraction of sp³-hybridized carbons (Fsp3) is 0.400. The van der Waals surface area contributed by atoms with Gasteiger partial charge in [-0.15, -0.1) is 0 Å². The van der Waals surface area contributed by atoms with Crippen LogP contribution in [0.1, 0.15) is 42.1 Å². The summed E-state index contributed by atoms with van der Waals surface area (Å²) >= 11 is 5.94. The van der Waals surface area contributed by atoms with Gasteiger partial charge in [0, 0.05) is 28.1 Å². The maximum absolute atomic E-state index is 12.7. The molecule has 3 aromatic rings. The van der Waals surface area contributed by atoms with Crippen LogP contribution in [-0.4, -0.2) is 28.0 Å². The molecule has 1 amide bonds. The molecule has 2 fully saturated rings. The number of carbonyl (C=O) groups is 1. The molecule has 2 aromatic carbocycles. The Morgan fingerprint density at radius 3 is 2.58 bits per heavy atom. The number of anilines is 1. The minimum Gasteiger partial charge on any atom is -0.367 e. The van der Waals surface area contributed by atoms with Crippen molar-refractivity contribution < 1.29 is 4.79 Å². The molecule has 2 aliphatic carbocycles. The average molecular weight is 435 g/mol. The van der Waals surface area contributed by atoms with Gasteiger partial charge in [-0.05, 0) is 80.3 Å². The van der Waals surface area contributed by atoms with Crippen LogP contribution in [0.2, 0.25) is 5.02 Å². The molecular formula is C25H27ClN4O. The summed E-state index contributed by atoms with van der Waals surface area (Å²) in [5.74, 6) is 2.83. The van der Waals surface area contributed by atoms with Crippen molar-refractivity contribution >= 4 is 34.2 Å². The lowest BCUT2D eigenvalue weighted by atomic mass is 9.99. The van der Waals surface area contributed by atoms with Crippen LogP contribution in [0.4, 0.5) is 5.82 Å². The van der Waals surface area contributed by atoms with E-state index >= 15 is 0 Å². The van der Waals surface area contributed by atoms with Crippen molar-refractivity contribution in [3.63, 3.8) is 0 Å². The van der Waals surface area contributed by atoms with Gasteiger partial charge < -0.3 is 10.6 Å². The SMILES string of the molecule is CC[C@@H](NC(=O)c1ccc(Cl)cc1)C1[C@H]2CC(Nc3ncnc4ccc(C)cc34)C[C@@H]12. The summed E-state index contributed by atoms with van der Waals surface area (Å²) in [5, 5.41) is 8.66. The summed E-state index contributed by atoms with van der Waals surface area (Å²) in [6, 6.07) is 14.0. The van der Waals surface area contributed by atoms with E-state index in [2.05, 4.69) is 52.6 Å². The van der Waals surface area contributed by atoms with Gasteiger partial charge in [0.25, 0.3) is 5.91 Å². The lowest BCUT2D eigenvalue weighted by Gasteiger charge is -2.22. The van der Waals surface area contributed by atoms with Gasteiger partial charge in [-0.25, -0.2) is 9.97 Å². The monoisotopic (exact) mass is 434 g/mol. The van der Waals surface area contributed by atoms with E-state index in [0.717, 1.165) is 36.0 Å². The van der Waals surface area contributed by atoms with Gasteiger partial charge in [-0.2, -0.15) is 0 Å². The van der Waals surface area contributed by atoms with Crippen LogP contribution in [0.15, 0.2) is 48.8 Å². The zero-order chi connectivity index (χ0) is 21.5. The average Bonchev–Trinajstić information content (AvgIpc) is 3.26. The Morgan fingerprint density at radius 1 is 1.13 bits per heavy atom. The minimum absolute atomic E-state index is 0.00834. The molecule has 5 nitrogen and oxygen atoms in total. The number of aryl methyl sites for hydroxylation is 1. The molecule has 5 atom stereocenters. The van der Waals surface area contributed by atoms with Gasteiger partial charge in [0.05, 0.1) is 5.52 Å². The second-order valence-electron chi connectivity index (χ2n) is 8.96. The van der Waals surface area contributed by atoms with E-state index in [1.165, 1.54) is 5.56 Å². The number of rotatable bonds is 6. The van der Waals surface area contributed by atoms with Crippen molar-refractivity contribution in [2.75, 3.05) is 5.32 Å². The molecule has 160 valence electrons. The van der Waals surface area contributed by atoms with E-state index in [9.17, 15) is 4.79 Å². The van der Waals surface area contributed by atoms with Gasteiger partial charge in [0.15, 0.2) is 0 Å². The summed E-state index contributed by atoms with van der Waals surface area (Å²) in [6.07, 6.45) is 4.84. The highest BCUT2D eigenvalue weighted by atomic mass is 35.5. The fourth-order valence-electron chi connectivity index (χ4n) is 5.41. The van der Waals surface area contributed by atoms with Crippen LogP contribution in [0, 0.1) is 24.7 Å². The highest BCUT2D eigenvalue weighted by molar-refractivity contribution is 6.30. The zero-order valence-electron chi connectivity index (χ0n) is 17.8. The Balaban J connectivity index is 1.21. The van der Waals surface area contributed by atoms with Crippen molar-refractivity contribution in [2.24, 2.45) is 17.8 Å². The van der Waals surface area contributed by atoms with Crippen molar-refractivity contribution in [3.05, 3.63) is 64.9 Å². The third-order valence-corrected chi connectivity index (χ3v) is 7.22. The second-order valence-corrected chi connectivity index (χ2v) is 9.39. The summed E-state index contributed by atoms with van der Waals surface area (Å²) in [7, 11) is 0. The normalized spacial score (nSPS) is 25.1. The molecule has 0 saturated heterocycles.